The van der Waals surface area contributed by atoms with E-state index in [2.05, 4.69) is 6.58 Å². The average molecular weight is 382 g/mol. The second kappa shape index (κ2) is 9.24. The molecule has 0 heterocycles. The summed E-state index contributed by atoms with van der Waals surface area (Å²) in [6.07, 6.45) is 5.31. The number of ketones is 1. The molecule has 0 amide bonds. The Bertz CT molecular complexity index is 872. The zero-order valence-electron chi connectivity index (χ0n) is 15.6. The van der Waals surface area contributed by atoms with Crippen LogP contribution in [0.4, 0.5) is 0 Å². The minimum absolute atomic E-state index is 0.00383. The number of carbonyl (C=O) groups excluding carboxylic acids is 1. The quantitative estimate of drug-likeness (QED) is 0.398. The smallest absolute Gasteiger partial charge is 0.334 e. The van der Waals surface area contributed by atoms with E-state index in [0.717, 1.165) is 21.6 Å². The van der Waals surface area contributed by atoms with Gasteiger partial charge in [0, 0.05) is 10.5 Å². The van der Waals surface area contributed by atoms with Gasteiger partial charge in [0.1, 0.15) is 12.4 Å². The number of allylic oxidation sites excluding steroid dienone is 1. The topological polar surface area (TPSA) is 63.6 Å². The summed E-state index contributed by atoms with van der Waals surface area (Å²) in [5, 5.41) is 8.87. The lowest BCUT2D eigenvalue weighted by molar-refractivity contribution is -0.133. The van der Waals surface area contributed by atoms with E-state index in [0.29, 0.717) is 11.3 Å². The molecule has 2 aromatic carbocycles. The highest BCUT2D eigenvalue weighted by Crippen LogP contribution is 2.26. The average Bonchev–Trinajstić information content (AvgIpc) is 2.65. The molecule has 0 aliphatic heterocycles. The van der Waals surface area contributed by atoms with Crippen LogP contribution in [0.3, 0.4) is 0 Å². The van der Waals surface area contributed by atoms with Gasteiger partial charge in [-0.25, -0.2) is 4.79 Å². The van der Waals surface area contributed by atoms with Gasteiger partial charge < -0.3 is 9.84 Å². The van der Waals surface area contributed by atoms with Crippen LogP contribution in [0.1, 0.15) is 27.0 Å². The van der Waals surface area contributed by atoms with E-state index >= 15 is 0 Å². The minimum Gasteiger partial charge on any atom is -0.488 e. The molecule has 1 N–H and O–H groups in total. The molecule has 0 spiro atoms. The summed E-state index contributed by atoms with van der Waals surface area (Å²) in [5.41, 5.74) is 3.25. The van der Waals surface area contributed by atoms with Crippen molar-refractivity contribution in [2.45, 2.75) is 18.7 Å². The van der Waals surface area contributed by atoms with Crippen molar-refractivity contribution in [1.82, 2.24) is 0 Å². The second-order valence-corrected chi connectivity index (χ2v) is 6.99. The predicted molar refractivity (Wildman–Crippen MR) is 110 cm³/mol. The third-order valence-electron chi connectivity index (χ3n) is 3.98. The van der Waals surface area contributed by atoms with Crippen LogP contribution in [0.2, 0.25) is 0 Å². The van der Waals surface area contributed by atoms with Gasteiger partial charge in [0.2, 0.25) is 0 Å². The molecule has 0 aromatic heterocycles. The van der Waals surface area contributed by atoms with Crippen molar-refractivity contribution < 1.29 is 19.4 Å². The lowest BCUT2D eigenvalue weighted by atomic mass is 10.0. The van der Waals surface area contributed by atoms with Crippen LogP contribution < -0.4 is 4.74 Å². The largest absolute Gasteiger partial charge is 0.488 e. The van der Waals surface area contributed by atoms with Crippen LogP contribution in [-0.4, -0.2) is 29.7 Å². The van der Waals surface area contributed by atoms with E-state index in [1.54, 1.807) is 23.9 Å². The van der Waals surface area contributed by atoms with Gasteiger partial charge in [-0.05, 0) is 79.3 Å². The molecular formula is C22H22O4S. The van der Waals surface area contributed by atoms with Gasteiger partial charge in [0.05, 0.1) is 5.57 Å². The first-order valence-corrected chi connectivity index (χ1v) is 9.56. The summed E-state index contributed by atoms with van der Waals surface area (Å²) in [6, 6.07) is 11.3. The van der Waals surface area contributed by atoms with E-state index in [1.807, 2.05) is 56.5 Å². The maximum Gasteiger partial charge on any atom is 0.334 e. The number of aliphatic carboxylic acids is 1. The fourth-order valence-electron chi connectivity index (χ4n) is 2.55. The number of carboxylic acids is 1. The molecule has 0 radical (unpaired) electrons. The van der Waals surface area contributed by atoms with E-state index in [1.165, 1.54) is 0 Å². The third kappa shape index (κ3) is 5.59. The molecule has 2 rings (SSSR count). The zero-order chi connectivity index (χ0) is 20.0. The number of hydrogen-bond donors (Lipinski definition) is 1. The molecule has 0 unspecified atom stereocenters. The molecule has 5 heteroatoms. The van der Waals surface area contributed by atoms with Crippen molar-refractivity contribution in [3.05, 3.63) is 76.9 Å². The number of benzene rings is 2. The van der Waals surface area contributed by atoms with Gasteiger partial charge >= 0.3 is 5.97 Å². The molecule has 27 heavy (non-hydrogen) atoms. The molecular weight excluding hydrogens is 360 g/mol. The van der Waals surface area contributed by atoms with Crippen LogP contribution >= 0.6 is 11.8 Å². The standard InChI is InChI=1S/C22H22O4S/c1-14-11-17(12-15(2)21(14)26-13-16(3)22(24)25)5-10-20(23)18-6-8-19(27-4)9-7-18/h5-12H,3,13H2,1-2,4H3,(H,24,25)/b10-5+. The highest BCUT2D eigenvalue weighted by Gasteiger charge is 2.10. The van der Waals surface area contributed by atoms with Crippen LogP contribution in [0.15, 0.2) is 59.5 Å². The first-order valence-electron chi connectivity index (χ1n) is 8.33. The van der Waals surface area contributed by atoms with E-state index in [-0.39, 0.29) is 18.0 Å². The summed E-state index contributed by atoms with van der Waals surface area (Å²) in [6.45, 7) is 7.15. The number of ether oxygens (including phenoxy) is 1. The molecule has 0 fully saturated rings. The maximum absolute atomic E-state index is 12.3. The zero-order valence-corrected chi connectivity index (χ0v) is 16.4. The van der Waals surface area contributed by atoms with Crippen molar-refractivity contribution in [3.63, 3.8) is 0 Å². The van der Waals surface area contributed by atoms with Gasteiger partial charge in [-0.3, -0.25) is 4.79 Å². The summed E-state index contributed by atoms with van der Waals surface area (Å²) >= 11 is 1.63. The van der Waals surface area contributed by atoms with Gasteiger partial charge in [-0.1, -0.05) is 12.7 Å². The molecule has 0 saturated heterocycles. The van der Waals surface area contributed by atoms with Crippen molar-refractivity contribution in [1.29, 1.82) is 0 Å². The molecule has 0 aliphatic carbocycles. The lowest BCUT2D eigenvalue weighted by Gasteiger charge is -2.13. The third-order valence-corrected chi connectivity index (χ3v) is 4.72. The predicted octanol–water partition coefficient (Wildman–Crippen LogP) is 4.94. The van der Waals surface area contributed by atoms with Gasteiger partial charge in [0.25, 0.3) is 0 Å². The molecule has 0 atom stereocenters. The number of aryl methyl sites for hydroxylation is 2. The fraction of sp³-hybridized carbons (Fsp3) is 0.182. The summed E-state index contributed by atoms with van der Waals surface area (Å²) in [7, 11) is 0. The Morgan fingerprint density at radius 1 is 1.15 bits per heavy atom. The maximum atomic E-state index is 12.3. The summed E-state index contributed by atoms with van der Waals surface area (Å²) in [4.78, 5) is 24.3. The number of hydrogen-bond acceptors (Lipinski definition) is 4. The minimum atomic E-state index is -1.08. The Balaban J connectivity index is 2.12. The summed E-state index contributed by atoms with van der Waals surface area (Å²) in [5.74, 6) is -0.501. The molecule has 140 valence electrons. The number of carbonyl (C=O) groups is 2. The van der Waals surface area contributed by atoms with E-state index < -0.39 is 5.97 Å². The molecule has 0 saturated carbocycles. The highest BCUT2D eigenvalue weighted by atomic mass is 32.2. The normalized spacial score (nSPS) is 10.8. The van der Waals surface area contributed by atoms with Crippen LogP contribution in [0, 0.1) is 13.8 Å². The van der Waals surface area contributed by atoms with E-state index in [4.69, 9.17) is 9.84 Å². The number of thioether (sulfide) groups is 1. The first kappa shape index (κ1) is 20.5. The van der Waals surface area contributed by atoms with Crippen LogP contribution in [0.5, 0.6) is 5.75 Å². The molecule has 0 bridgehead atoms. The van der Waals surface area contributed by atoms with E-state index in [9.17, 15) is 9.59 Å². The molecule has 4 nitrogen and oxygen atoms in total. The SMILES string of the molecule is C=C(COc1c(C)cc(/C=C/C(=O)c2ccc(SC)cc2)cc1C)C(=O)O. The highest BCUT2D eigenvalue weighted by molar-refractivity contribution is 7.98. The Kier molecular flexibility index (Phi) is 7.02. The molecule has 2 aromatic rings. The van der Waals surface area contributed by atoms with Gasteiger partial charge in [0.15, 0.2) is 5.78 Å². The van der Waals surface area contributed by atoms with Crippen molar-refractivity contribution in [2.75, 3.05) is 12.9 Å². The Hall–Kier alpha value is -2.79. The van der Waals surface area contributed by atoms with Crippen molar-refractivity contribution >= 4 is 29.6 Å². The van der Waals surface area contributed by atoms with Gasteiger partial charge in [-0.15, -0.1) is 11.8 Å². The first-order chi connectivity index (χ1) is 12.8. The fourth-order valence-corrected chi connectivity index (χ4v) is 2.96. The van der Waals surface area contributed by atoms with Crippen LogP contribution in [0.25, 0.3) is 6.08 Å². The summed E-state index contributed by atoms with van der Waals surface area (Å²) < 4.78 is 5.59. The lowest BCUT2D eigenvalue weighted by Crippen LogP contribution is -2.10. The van der Waals surface area contributed by atoms with Crippen molar-refractivity contribution in [2.24, 2.45) is 0 Å². The Morgan fingerprint density at radius 3 is 2.26 bits per heavy atom. The monoisotopic (exact) mass is 382 g/mol. The number of rotatable bonds is 8. The Morgan fingerprint density at radius 2 is 1.74 bits per heavy atom. The van der Waals surface area contributed by atoms with Gasteiger partial charge in [-0.2, -0.15) is 0 Å². The number of carboxylic acid groups (broad SMARTS) is 1. The second-order valence-electron chi connectivity index (χ2n) is 6.11. The molecule has 0 aliphatic rings. The Labute approximate surface area is 163 Å². The van der Waals surface area contributed by atoms with Crippen LogP contribution in [-0.2, 0) is 4.79 Å². The van der Waals surface area contributed by atoms with Crippen molar-refractivity contribution in [3.8, 4) is 5.75 Å².